The fourth-order valence-electron chi connectivity index (χ4n) is 1.18. The molecule has 0 aromatic heterocycles. The van der Waals surface area contributed by atoms with Crippen molar-refractivity contribution in [2.45, 2.75) is 11.3 Å². The average Bonchev–Trinajstić information content (AvgIpc) is 2.28. The van der Waals surface area contributed by atoms with Gasteiger partial charge in [0.1, 0.15) is 0 Å². The molecule has 0 saturated carbocycles. The minimum Gasteiger partial charge on any atom is -0.469 e. The van der Waals surface area contributed by atoms with Crippen LogP contribution in [-0.4, -0.2) is 25.4 Å². The number of carbonyl (C=O) groups excluding carboxylic acids is 1. The second-order valence-corrected chi connectivity index (χ2v) is 4.70. The zero-order valence-corrected chi connectivity index (χ0v) is 11.8. The standard InChI is InChI=1S/C11H14ClNO2S.ClH/c1-15-11(14)7-8-2-3-10(9(12)6-8)16-5-4-13;/h2-3,6H,4-5,7,13H2,1H3;1H. The molecule has 1 aromatic carbocycles. The summed E-state index contributed by atoms with van der Waals surface area (Å²) in [7, 11) is 1.37. The Bertz CT molecular complexity index is 374. The highest BCUT2D eigenvalue weighted by molar-refractivity contribution is 7.99. The molecule has 0 aliphatic heterocycles. The highest BCUT2D eigenvalue weighted by atomic mass is 35.5. The van der Waals surface area contributed by atoms with E-state index in [0.717, 1.165) is 16.2 Å². The minimum absolute atomic E-state index is 0. The zero-order valence-electron chi connectivity index (χ0n) is 9.44. The third-order valence-corrected chi connectivity index (χ3v) is 3.48. The lowest BCUT2D eigenvalue weighted by molar-refractivity contribution is -0.139. The number of benzene rings is 1. The minimum atomic E-state index is -0.265. The van der Waals surface area contributed by atoms with Gasteiger partial charge in [0.25, 0.3) is 0 Å². The summed E-state index contributed by atoms with van der Waals surface area (Å²) >= 11 is 7.69. The summed E-state index contributed by atoms with van der Waals surface area (Å²) in [4.78, 5) is 12.0. The van der Waals surface area contributed by atoms with Crippen LogP contribution in [0.3, 0.4) is 0 Å². The van der Waals surface area contributed by atoms with Crippen molar-refractivity contribution in [1.82, 2.24) is 0 Å². The van der Waals surface area contributed by atoms with Gasteiger partial charge in [0.2, 0.25) is 0 Å². The summed E-state index contributed by atoms with van der Waals surface area (Å²) in [5, 5.41) is 0.653. The number of hydrogen-bond donors (Lipinski definition) is 1. The highest BCUT2D eigenvalue weighted by Gasteiger charge is 2.06. The predicted molar refractivity (Wildman–Crippen MR) is 74.2 cm³/mol. The quantitative estimate of drug-likeness (QED) is 0.670. The summed E-state index contributed by atoms with van der Waals surface area (Å²) in [6.45, 7) is 0.616. The van der Waals surface area contributed by atoms with E-state index in [0.29, 0.717) is 11.6 Å². The van der Waals surface area contributed by atoms with E-state index in [1.165, 1.54) is 7.11 Å². The molecule has 0 radical (unpaired) electrons. The first-order chi connectivity index (χ1) is 7.67. The molecule has 0 saturated heterocycles. The van der Waals surface area contributed by atoms with Crippen molar-refractivity contribution in [3.63, 3.8) is 0 Å². The third-order valence-electron chi connectivity index (χ3n) is 1.95. The largest absolute Gasteiger partial charge is 0.469 e. The molecule has 0 atom stereocenters. The van der Waals surface area contributed by atoms with Gasteiger partial charge in [0, 0.05) is 17.2 Å². The number of esters is 1. The molecule has 0 bridgehead atoms. The van der Waals surface area contributed by atoms with Crippen molar-refractivity contribution < 1.29 is 9.53 Å². The van der Waals surface area contributed by atoms with Gasteiger partial charge in [-0.2, -0.15) is 0 Å². The van der Waals surface area contributed by atoms with Crippen LogP contribution in [0.5, 0.6) is 0 Å². The van der Waals surface area contributed by atoms with Gasteiger partial charge in [0.15, 0.2) is 0 Å². The van der Waals surface area contributed by atoms with E-state index in [1.807, 2.05) is 12.1 Å². The average molecular weight is 296 g/mol. The van der Waals surface area contributed by atoms with Crippen LogP contribution in [0, 0.1) is 0 Å². The van der Waals surface area contributed by atoms with Crippen LogP contribution in [-0.2, 0) is 16.0 Å². The van der Waals surface area contributed by atoms with Gasteiger partial charge in [0.05, 0.1) is 18.6 Å². The Labute approximate surface area is 116 Å². The summed E-state index contributed by atoms with van der Waals surface area (Å²) in [6.07, 6.45) is 0.248. The molecule has 3 nitrogen and oxygen atoms in total. The maximum atomic E-state index is 11.1. The van der Waals surface area contributed by atoms with Crippen LogP contribution in [0.2, 0.25) is 5.02 Å². The number of rotatable bonds is 5. The van der Waals surface area contributed by atoms with Crippen molar-refractivity contribution >= 4 is 41.7 Å². The van der Waals surface area contributed by atoms with Crippen LogP contribution >= 0.6 is 35.8 Å². The summed E-state index contributed by atoms with van der Waals surface area (Å²) in [5.74, 6) is 0.564. The number of thioether (sulfide) groups is 1. The molecule has 1 aromatic rings. The van der Waals surface area contributed by atoms with Crippen LogP contribution in [0.4, 0.5) is 0 Å². The summed E-state index contributed by atoms with van der Waals surface area (Å²) in [6, 6.07) is 5.57. The first-order valence-electron chi connectivity index (χ1n) is 4.85. The number of hydrogen-bond acceptors (Lipinski definition) is 4. The summed E-state index contributed by atoms with van der Waals surface area (Å²) < 4.78 is 4.59. The number of halogens is 2. The SMILES string of the molecule is COC(=O)Cc1ccc(SCCN)c(Cl)c1.Cl. The molecule has 17 heavy (non-hydrogen) atoms. The smallest absolute Gasteiger partial charge is 0.309 e. The Hall–Kier alpha value is -0.420. The highest BCUT2D eigenvalue weighted by Crippen LogP contribution is 2.27. The molecule has 2 N–H and O–H groups in total. The molecule has 6 heteroatoms. The zero-order chi connectivity index (χ0) is 12.0. The molecule has 96 valence electrons. The van der Waals surface area contributed by atoms with Gasteiger partial charge < -0.3 is 10.5 Å². The molecule has 0 unspecified atom stereocenters. The van der Waals surface area contributed by atoms with Crippen LogP contribution in [0.15, 0.2) is 23.1 Å². The maximum Gasteiger partial charge on any atom is 0.309 e. The van der Waals surface area contributed by atoms with Crippen molar-refractivity contribution in [1.29, 1.82) is 0 Å². The maximum absolute atomic E-state index is 11.1. The molecule has 0 fully saturated rings. The Morgan fingerprint density at radius 2 is 2.24 bits per heavy atom. The Kier molecular flexibility index (Phi) is 8.43. The van der Waals surface area contributed by atoms with Gasteiger partial charge >= 0.3 is 5.97 Å². The first-order valence-corrected chi connectivity index (χ1v) is 6.22. The Morgan fingerprint density at radius 1 is 1.53 bits per heavy atom. The molecule has 0 spiro atoms. The molecular weight excluding hydrogens is 281 g/mol. The number of ether oxygens (including phenoxy) is 1. The van der Waals surface area contributed by atoms with Crippen molar-refractivity contribution in [2.24, 2.45) is 5.73 Å². The number of methoxy groups -OCH3 is 1. The van der Waals surface area contributed by atoms with Crippen LogP contribution in [0.25, 0.3) is 0 Å². The Morgan fingerprint density at radius 3 is 2.76 bits per heavy atom. The van der Waals surface area contributed by atoms with Crippen LogP contribution in [0.1, 0.15) is 5.56 Å². The lowest BCUT2D eigenvalue weighted by atomic mass is 10.1. The van der Waals surface area contributed by atoms with Crippen molar-refractivity contribution in [3.8, 4) is 0 Å². The molecule has 0 aliphatic carbocycles. The molecule has 1 rings (SSSR count). The van der Waals surface area contributed by atoms with Gasteiger partial charge in [-0.1, -0.05) is 17.7 Å². The topological polar surface area (TPSA) is 52.3 Å². The third kappa shape index (κ3) is 5.64. The van der Waals surface area contributed by atoms with Gasteiger partial charge in [-0.05, 0) is 17.7 Å². The number of carbonyl (C=O) groups is 1. The van der Waals surface area contributed by atoms with Crippen LogP contribution < -0.4 is 5.73 Å². The lowest BCUT2D eigenvalue weighted by Gasteiger charge is -2.05. The normalized spacial score (nSPS) is 9.59. The molecule has 0 heterocycles. The fraction of sp³-hybridized carbons (Fsp3) is 0.364. The first kappa shape index (κ1) is 16.6. The van der Waals surface area contributed by atoms with Gasteiger partial charge in [-0.25, -0.2) is 0 Å². The second kappa shape index (κ2) is 8.64. The van der Waals surface area contributed by atoms with Gasteiger partial charge in [-0.15, -0.1) is 24.2 Å². The van der Waals surface area contributed by atoms with E-state index < -0.39 is 0 Å². The van der Waals surface area contributed by atoms with E-state index >= 15 is 0 Å². The van der Waals surface area contributed by atoms with E-state index in [1.54, 1.807) is 17.8 Å². The molecular formula is C11H15Cl2NO2S. The van der Waals surface area contributed by atoms with E-state index in [4.69, 9.17) is 17.3 Å². The summed E-state index contributed by atoms with van der Waals surface area (Å²) in [5.41, 5.74) is 6.27. The number of nitrogens with two attached hydrogens (primary N) is 1. The molecule has 0 amide bonds. The van der Waals surface area contributed by atoms with Crippen molar-refractivity contribution in [3.05, 3.63) is 28.8 Å². The van der Waals surface area contributed by atoms with Gasteiger partial charge in [-0.3, -0.25) is 4.79 Å². The Balaban J connectivity index is 0.00000256. The fourth-order valence-corrected chi connectivity index (χ4v) is 2.24. The second-order valence-electron chi connectivity index (χ2n) is 3.15. The van der Waals surface area contributed by atoms with E-state index in [2.05, 4.69) is 4.74 Å². The monoisotopic (exact) mass is 295 g/mol. The predicted octanol–water partition coefficient (Wildman–Crippen LogP) is 2.53. The van der Waals surface area contributed by atoms with E-state index in [-0.39, 0.29) is 24.8 Å². The van der Waals surface area contributed by atoms with Crippen molar-refractivity contribution in [2.75, 3.05) is 19.4 Å². The lowest BCUT2D eigenvalue weighted by Crippen LogP contribution is -2.04. The van der Waals surface area contributed by atoms with E-state index in [9.17, 15) is 4.79 Å². The molecule has 0 aliphatic rings.